The molecule has 0 unspecified atom stereocenters. The third-order valence-electron chi connectivity index (χ3n) is 2.47. The van der Waals surface area contributed by atoms with E-state index in [4.69, 9.17) is 11.6 Å². The number of anilines is 1. The van der Waals surface area contributed by atoms with Crippen molar-refractivity contribution in [3.63, 3.8) is 0 Å². The minimum Gasteiger partial charge on any atom is -0.323 e. The van der Waals surface area contributed by atoms with E-state index in [9.17, 15) is 4.79 Å². The Kier molecular flexibility index (Phi) is 4.86. The maximum Gasteiger partial charge on any atom is 0.238 e. The number of rotatable bonds is 6. The number of nitrogens with zero attached hydrogens (tertiary/aromatic N) is 3. The Morgan fingerprint density at radius 3 is 3.05 bits per heavy atom. The van der Waals surface area contributed by atoms with Gasteiger partial charge in [-0.05, 0) is 18.2 Å². The summed E-state index contributed by atoms with van der Waals surface area (Å²) in [6, 6.07) is 5.16. The molecule has 0 aliphatic heterocycles. The molecule has 0 saturated carbocycles. The van der Waals surface area contributed by atoms with E-state index >= 15 is 0 Å². The van der Waals surface area contributed by atoms with Crippen molar-refractivity contribution in [1.82, 2.24) is 20.1 Å². The summed E-state index contributed by atoms with van der Waals surface area (Å²) in [6.07, 6.45) is 4.66. The van der Waals surface area contributed by atoms with Gasteiger partial charge >= 0.3 is 0 Å². The van der Waals surface area contributed by atoms with E-state index in [0.717, 1.165) is 0 Å². The predicted molar refractivity (Wildman–Crippen MR) is 78.1 cm³/mol. The highest BCUT2D eigenvalue weighted by molar-refractivity contribution is 6.31. The first kappa shape index (κ1) is 14.2. The number of amides is 1. The van der Waals surface area contributed by atoms with Crippen molar-refractivity contribution in [2.75, 3.05) is 18.4 Å². The van der Waals surface area contributed by atoms with Crippen molar-refractivity contribution < 1.29 is 4.79 Å². The zero-order valence-electron chi connectivity index (χ0n) is 10.7. The summed E-state index contributed by atoms with van der Waals surface area (Å²) in [7, 11) is 0. The smallest absolute Gasteiger partial charge is 0.238 e. The Bertz CT molecular complexity index is 597. The zero-order valence-corrected chi connectivity index (χ0v) is 11.5. The third-order valence-corrected chi connectivity index (χ3v) is 2.71. The molecule has 0 spiro atoms. The van der Waals surface area contributed by atoms with E-state index in [-0.39, 0.29) is 12.5 Å². The van der Waals surface area contributed by atoms with Gasteiger partial charge in [0.25, 0.3) is 0 Å². The van der Waals surface area contributed by atoms with E-state index < -0.39 is 0 Å². The first-order chi connectivity index (χ1) is 9.70. The summed E-state index contributed by atoms with van der Waals surface area (Å²) < 4.78 is 1.56. The molecule has 7 heteroatoms. The summed E-state index contributed by atoms with van der Waals surface area (Å²) in [5, 5.41) is 10.3. The number of carbonyl (C=O) groups excluding carboxylic acids is 1. The van der Waals surface area contributed by atoms with Crippen molar-refractivity contribution in [1.29, 1.82) is 0 Å². The Balaban J connectivity index is 2.16. The maximum absolute atomic E-state index is 11.8. The summed E-state index contributed by atoms with van der Waals surface area (Å²) >= 11 is 5.96. The number of aromatic nitrogens is 3. The van der Waals surface area contributed by atoms with Crippen LogP contribution in [0.4, 0.5) is 5.69 Å². The minimum absolute atomic E-state index is 0.171. The quantitative estimate of drug-likeness (QED) is 0.627. The van der Waals surface area contributed by atoms with Gasteiger partial charge in [-0.2, -0.15) is 5.10 Å². The molecule has 0 atom stereocenters. The Morgan fingerprint density at radius 1 is 1.50 bits per heavy atom. The lowest BCUT2D eigenvalue weighted by molar-refractivity contribution is -0.115. The van der Waals surface area contributed by atoms with Crippen LogP contribution in [-0.4, -0.2) is 33.8 Å². The molecule has 104 valence electrons. The molecule has 1 aromatic carbocycles. The second kappa shape index (κ2) is 6.83. The van der Waals surface area contributed by atoms with Gasteiger partial charge in [0.2, 0.25) is 5.91 Å². The van der Waals surface area contributed by atoms with Crippen LogP contribution in [0.5, 0.6) is 0 Å². The molecule has 0 radical (unpaired) electrons. The van der Waals surface area contributed by atoms with Crippen LogP contribution in [0.2, 0.25) is 5.02 Å². The van der Waals surface area contributed by atoms with Crippen LogP contribution in [0.3, 0.4) is 0 Å². The molecule has 0 fully saturated rings. The van der Waals surface area contributed by atoms with E-state index in [2.05, 4.69) is 27.3 Å². The van der Waals surface area contributed by atoms with Crippen molar-refractivity contribution in [2.45, 2.75) is 0 Å². The maximum atomic E-state index is 11.8. The molecule has 1 aromatic heterocycles. The molecule has 0 bridgehead atoms. The van der Waals surface area contributed by atoms with Gasteiger partial charge in [0, 0.05) is 11.6 Å². The molecule has 0 saturated heterocycles. The van der Waals surface area contributed by atoms with Gasteiger partial charge < -0.3 is 10.6 Å². The topological polar surface area (TPSA) is 71.8 Å². The van der Waals surface area contributed by atoms with Gasteiger partial charge in [-0.1, -0.05) is 17.7 Å². The van der Waals surface area contributed by atoms with E-state index in [1.807, 2.05) is 0 Å². The normalized spacial score (nSPS) is 10.2. The highest BCUT2D eigenvalue weighted by atomic mass is 35.5. The minimum atomic E-state index is -0.171. The monoisotopic (exact) mass is 291 g/mol. The predicted octanol–water partition coefficient (Wildman–Crippen LogP) is 1.63. The van der Waals surface area contributed by atoms with Crippen LogP contribution >= 0.6 is 11.6 Å². The lowest BCUT2D eigenvalue weighted by Gasteiger charge is -2.11. The number of benzene rings is 1. The number of hydrogen-bond donors (Lipinski definition) is 2. The highest BCUT2D eigenvalue weighted by Crippen LogP contribution is 2.23. The fraction of sp³-hybridized carbons (Fsp3) is 0.154. The molecule has 0 aliphatic carbocycles. The second-order valence-corrected chi connectivity index (χ2v) is 4.41. The van der Waals surface area contributed by atoms with Crippen LogP contribution in [0.1, 0.15) is 0 Å². The van der Waals surface area contributed by atoms with E-state index in [1.165, 1.54) is 6.33 Å². The van der Waals surface area contributed by atoms with E-state index in [0.29, 0.717) is 22.9 Å². The number of carbonyl (C=O) groups is 1. The average molecular weight is 292 g/mol. The SMILES string of the molecule is C=CCNCC(=O)Nc1cc(Cl)ccc1-n1cncn1. The van der Waals surface area contributed by atoms with Gasteiger partial charge in [-0.25, -0.2) is 9.67 Å². The molecule has 2 rings (SSSR count). The van der Waals surface area contributed by atoms with Crippen molar-refractivity contribution in [3.05, 3.63) is 48.5 Å². The molecular formula is C13H14ClN5O. The Morgan fingerprint density at radius 2 is 2.35 bits per heavy atom. The summed E-state index contributed by atoms with van der Waals surface area (Å²) in [6.45, 7) is 4.33. The Hall–Kier alpha value is -2.18. The summed E-state index contributed by atoms with van der Waals surface area (Å²) in [4.78, 5) is 15.7. The van der Waals surface area contributed by atoms with Crippen molar-refractivity contribution in [3.8, 4) is 5.69 Å². The van der Waals surface area contributed by atoms with Crippen LogP contribution in [0.25, 0.3) is 5.69 Å². The molecule has 0 aliphatic rings. The first-order valence-corrected chi connectivity index (χ1v) is 6.34. The number of halogens is 1. The third kappa shape index (κ3) is 3.66. The molecule has 1 amide bonds. The zero-order chi connectivity index (χ0) is 14.4. The molecule has 20 heavy (non-hydrogen) atoms. The lowest BCUT2D eigenvalue weighted by Crippen LogP contribution is -2.28. The van der Waals surface area contributed by atoms with Crippen molar-refractivity contribution >= 4 is 23.2 Å². The number of hydrogen-bond acceptors (Lipinski definition) is 4. The van der Waals surface area contributed by atoms with Crippen LogP contribution in [-0.2, 0) is 4.79 Å². The highest BCUT2D eigenvalue weighted by Gasteiger charge is 2.09. The standard InChI is InChI=1S/C13H14ClN5O/c1-2-5-15-7-13(20)18-11-6-10(14)3-4-12(11)19-9-16-8-17-19/h2-4,6,8-9,15H,1,5,7H2,(H,18,20). The average Bonchev–Trinajstić information content (AvgIpc) is 2.93. The fourth-order valence-electron chi connectivity index (χ4n) is 1.62. The van der Waals surface area contributed by atoms with Crippen LogP contribution in [0, 0.1) is 0 Å². The summed E-state index contributed by atoms with van der Waals surface area (Å²) in [5.41, 5.74) is 1.28. The molecule has 6 nitrogen and oxygen atoms in total. The van der Waals surface area contributed by atoms with E-state index in [1.54, 1.807) is 35.3 Å². The summed E-state index contributed by atoms with van der Waals surface area (Å²) in [5.74, 6) is -0.171. The Labute approximate surface area is 121 Å². The van der Waals surface area contributed by atoms with Gasteiger partial charge in [-0.3, -0.25) is 4.79 Å². The molecule has 2 N–H and O–H groups in total. The number of nitrogens with one attached hydrogen (secondary N) is 2. The van der Waals surface area contributed by atoms with Gasteiger partial charge in [0.1, 0.15) is 12.7 Å². The van der Waals surface area contributed by atoms with Crippen molar-refractivity contribution in [2.24, 2.45) is 0 Å². The second-order valence-electron chi connectivity index (χ2n) is 3.97. The molecule has 2 aromatic rings. The first-order valence-electron chi connectivity index (χ1n) is 5.96. The lowest BCUT2D eigenvalue weighted by atomic mass is 10.2. The largest absolute Gasteiger partial charge is 0.323 e. The fourth-order valence-corrected chi connectivity index (χ4v) is 1.80. The van der Waals surface area contributed by atoms with Gasteiger partial charge in [0.15, 0.2) is 0 Å². The van der Waals surface area contributed by atoms with Gasteiger partial charge in [-0.15, -0.1) is 6.58 Å². The van der Waals surface area contributed by atoms with Crippen LogP contribution in [0.15, 0.2) is 43.5 Å². The van der Waals surface area contributed by atoms with Gasteiger partial charge in [0.05, 0.1) is 17.9 Å². The molecular weight excluding hydrogens is 278 g/mol. The van der Waals surface area contributed by atoms with Crippen LogP contribution < -0.4 is 10.6 Å². The molecule has 1 heterocycles.